The van der Waals surface area contributed by atoms with Crippen molar-refractivity contribution in [2.45, 2.75) is 12.8 Å². The zero-order valence-corrected chi connectivity index (χ0v) is 20.9. The number of nitrogens with one attached hydrogen (secondary N) is 2. The number of aliphatic carboxylic acids is 1. The fourth-order valence-electron chi connectivity index (χ4n) is 4.28. The zero-order chi connectivity index (χ0) is 25.4. The second kappa shape index (κ2) is 9.36. The normalized spacial score (nSPS) is 17.4. The van der Waals surface area contributed by atoms with Crippen LogP contribution in [-0.4, -0.2) is 36.5 Å². The van der Waals surface area contributed by atoms with Crippen LogP contribution in [0.2, 0.25) is 0 Å². The van der Waals surface area contributed by atoms with Gasteiger partial charge in [-0.15, -0.1) is 0 Å². The van der Waals surface area contributed by atoms with Crippen molar-refractivity contribution in [3.8, 4) is 11.1 Å². The molecule has 36 heavy (non-hydrogen) atoms. The molecule has 1 aromatic heterocycles. The summed E-state index contributed by atoms with van der Waals surface area (Å²) < 4.78 is 26.3. The number of carbonyl (C=O) groups excluding carboxylic acids is 1. The number of fused-ring (bicyclic) bond motifs is 1. The summed E-state index contributed by atoms with van der Waals surface area (Å²) in [6.07, 6.45) is 2.29. The number of aromatic nitrogens is 1. The molecule has 3 aromatic carbocycles. The van der Waals surface area contributed by atoms with Gasteiger partial charge in [-0.1, -0.05) is 47.7 Å². The highest BCUT2D eigenvalue weighted by Crippen LogP contribution is 2.37. The Balaban J connectivity index is 1.26. The molecule has 3 N–H and O–H groups in total. The van der Waals surface area contributed by atoms with Gasteiger partial charge in [-0.2, -0.15) is 0 Å². The highest BCUT2D eigenvalue weighted by Gasteiger charge is 2.41. The number of hydrogen-bond acceptors (Lipinski definition) is 7. The maximum absolute atomic E-state index is 12.6. The van der Waals surface area contributed by atoms with Crippen LogP contribution in [0.4, 0.5) is 16.5 Å². The summed E-state index contributed by atoms with van der Waals surface area (Å²) in [5.74, 6) is -2.00. The van der Waals surface area contributed by atoms with Crippen molar-refractivity contribution < 1.29 is 23.1 Å². The van der Waals surface area contributed by atoms with Crippen molar-refractivity contribution in [2.24, 2.45) is 11.8 Å². The Hall–Kier alpha value is -3.76. The predicted molar refractivity (Wildman–Crippen MR) is 141 cm³/mol. The van der Waals surface area contributed by atoms with E-state index in [-0.39, 0.29) is 5.78 Å². The number of carboxylic acids is 1. The van der Waals surface area contributed by atoms with Gasteiger partial charge >= 0.3 is 5.97 Å². The van der Waals surface area contributed by atoms with Gasteiger partial charge in [0.15, 0.2) is 10.9 Å². The number of Topliss-reactive ketones (excluding diaryl/α,β-unsaturated/α-hetero) is 1. The molecule has 0 bridgehead atoms. The molecular weight excluding hydrogens is 498 g/mol. The summed E-state index contributed by atoms with van der Waals surface area (Å²) >= 11 is 1.42. The predicted octanol–water partition coefficient (Wildman–Crippen LogP) is 5.37. The smallest absolute Gasteiger partial charge is 0.307 e. The first kappa shape index (κ1) is 24.0. The van der Waals surface area contributed by atoms with Crippen LogP contribution in [0.15, 0.2) is 66.7 Å². The molecule has 4 aromatic rings. The third kappa shape index (κ3) is 5.09. The average molecular weight is 522 g/mol. The fraction of sp³-hybridized carbons (Fsp3) is 0.192. The van der Waals surface area contributed by atoms with Crippen LogP contribution < -0.4 is 10.0 Å². The quantitative estimate of drug-likeness (QED) is 0.266. The van der Waals surface area contributed by atoms with Crippen LogP contribution in [0.1, 0.15) is 23.2 Å². The molecule has 1 saturated carbocycles. The van der Waals surface area contributed by atoms with Gasteiger partial charge in [0.25, 0.3) is 0 Å². The number of thiazole rings is 1. The second-order valence-corrected chi connectivity index (χ2v) is 11.6. The number of ketones is 1. The first-order valence-electron chi connectivity index (χ1n) is 11.3. The van der Waals surface area contributed by atoms with Gasteiger partial charge in [-0.05, 0) is 54.3 Å². The molecule has 2 unspecified atom stereocenters. The lowest BCUT2D eigenvalue weighted by Crippen LogP contribution is -2.38. The van der Waals surface area contributed by atoms with Gasteiger partial charge in [0, 0.05) is 17.2 Å². The first-order valence-corrected chi connectivity index (χ1v) is 14.0. The van der Waals surface area contributed by atoms with E-state index in [2.05, 4.69) is 15.0 Å². The molecule has 5 rings (SSSR count). The number of hydrogen-bond donors (Lipinski definition) is 3. The Labute approximate surface area is 212 Å². The maximum atomic E-state index is 12.6. The van der Waals surface area contributed by atoms with Crippen molar-refractivity contribution in [3.05, 3.63) is 72.3 Å². The summed E-state index contributed by atoms with van der Waals surface area (Å²) in [6, 6.07) is 20.3. The Morgan fingerprint density at radius 1 is 0.917 bits per heavy atom. The molecule has 1 aliphatic rings. The number of sulfonamides is 1. The van der Waals surface area contributed by atoms with Crippen LogP contribution in [-0.2, 0) is 14.8 Å². The molecular formula is C26H23N3O5S2. The summed E-state index contributed by atoms with van der Waals surface area (Å²) in [5.41, 5.74) is 4.58. The third-order valence-electron chi connectivity index (χ3n) is 6.26. The number of rotatable bonds is 8. The lowest BCUT2D eigenvalue weighted by molar-refractivity contribution is -0.146. The monoisotopic (exact) mass is 521 g/mol. The first-order chi connectivity index (χ1) is 17.2. The van der Waals surface area contributed by atoms with Gasteiger partial charge in [-0.3, -0.25) is 14.3 Å². The molecule has 10 heteroatoms. The van der Waals surface area contributed by atoms with E-state index in [1.807, 2.05) is 36.4 Å². The lowest BCUT2D eigenvalue weighted by atomic mass is 9.70. The van der Waals surface area contributed by atoms with Gasteiger partial charge in [-0.25, -0.2) is 13.4 Å². The molecule has 184 valence electrons. The van der Waals surface area contributed by atoms with Crippen molar-refractivity contribution in [1.82, 2.24) is 4.98 Å². The van der Waals surface area contributed by atoms with E-state index in [4.69, 9.17) is 0 Å². The summed E-state index contributed by atoms with van der Waals surface area (Å²) in [4.78, 5) is 28.4. The Morgan fingerprint density at radius 2 is 1.53 bits per heavy atom. The third-order valence-corrected chi connectivity index (χ3v) is 7.80. The van der Waals surface area contributed by atoms with Crippen LogP contribution in [0.3, 0.4) is 0 Å². The number of anilines is 3. The summed E-state index contributed by atoms with van der Waals surface area (Å²) in [7, 11) is -3.35. The van der Waals surface area contributed by atoms with Crippen molar-refractivity contribution in [1.29, 1.82) is 0 Å². The van der Waals surface area contributed by atoms with E-state index in [0.29, 0.717) is 29.2 Å². The van der Waals surface area contributed by atoms with Crippen LogP contribution >= 0.6 is 11.3 Å². The van der Waals surface area contributed by atoms with E-state index >= 15 is 0 Å². The molecule has 0 saturated heterocycles. The molecule has 1 heterocycles. The number of carboxylic acid groups (broad SMARTS) is 1. The molecule has 2 atom stereocenters. The number of carbonyl (C=O) groups is 2. The largest absolute Gasteiger partial charge is 0.481 e. The highest BCUT2D eigenvalue weighted by molar-refractivity contribution is 7.92. The zero-order valence-electron chi connectivity index (χ0n) is 19.3. The summed E-state index contributed by atoms with van der Waals surface area (Å²) in [5, 5.41) is 13.2. The van der Waals surface area contributed by atoms with Crippen LogP contribution in [0, 0.1) is 11.8 Å². The van der Waals surface area contributed by atoms with Gasteiger partial charge in [0.05, 0.1) is 28.1 Å². The molecule has 0 spiro atoms. The minimum Gasteiger partial charge on any atom is -0.481 e. The van der Waals surface area contributed by atoms with E-state index in [1.165, 1.54) is 11.3 Å². The highest BCUT2D eigenvalue weighted by atomic mass is 32.2. The van der Waals surface area contributed by atoms with Gasteiger partial charge in [0.2, 0.25) is 10.0 Å². The molecule has 0 amide bonds. The van der Waals surface area contributed by atoms with E-state index < -0.39 is 27.8 Å². The summed E-state index contributed by atoms with van der Waals surface area (Å²) in [6.45, 7) is 0. The van der Waals surface area contributed by atoms with E-state index in [0.717, 1.165) is 33.3 Å². The fourth-order valence-corrected chi connectivity index (χ4v) is 5.76. The van der Waals surface area contributed by atoms with Crippen molar-refractivity contribution >= 4 is 59.8 Å². The second-order valence-electron chi connectivity index (χ2n) is 8.85. The average Bonchev–Trinajstić information content (AvgIpc) is 3.19. The molecule has 1 aliphatic carbocycles. The minimum atomic E-state index is -3.35. The van der Waals surface area contributed by atoms with Gasteiger partial charge < -0.3 is 10.4 Å². The standard InChI is InChI=1S/C26H23N3O5S2/c1-36(33,34)29-19-10-13-22-23(14-19)35-26(28-22)27-18-8-6-16(7-9-18)15-2-4-17(5-3-15)24(30)20-11-12-21(20)25(31)32/h2-10,13-14,20-21,29H,11-12H2,1H3,(H,27,28)(H,31,32). The molecule has 8 nitrogen and oxygen atoms in total. The SMILES string of the molecule is CS(=O)(=O)Nc1ccc2nc(Nc3ccc(-c4ccc(C(=O)C5CCC5C(=O)O)cc4)cc3)sc2c1. The number of nitrogens with zero attached hydrogens (tertiary/aromatic N) is 1. The maximum Gasteiger partial charge on any atom is 0.307 e. The van der Waals surface area contributed by atoms with E-state index in [1.54, 1.807) is 30.3 Å². The van der Waals surface area contributed by atoms with Crippen LogP contribution in [0.5, 0.6) is 0 Å². The van der Waals surface area contributed by atoms with Gasteiger partial charge in [0.1, 0.15) is 0 Å². The van der Waals surface area contributed by atoms with Crippen molar-refractivity contribution in [2.75, 3.05) is 16.3 Å². The Kier molecular flexibility index (Phi) is 6.23. The Bertz CT molecular complexity index is 1560. The Morgan fingerprint density at radius 3 is 2.11 bits per heavy atom. The topological polar surface area (TPSA) is 125 Å². The van der Waals surface area contributed by atoms with Crippen LogP contribution in [0.25, 0.3) is 21.3 Å². The molecule has 0 radical (unpaired) electrons. The molecule has 0 aliphatic heterocycles. The minimum absolute atomic E-state index is 0.102. The lowest BCUT2D eigenvalue weighted by Gasteiger charge is -2.31. The number of benzene rings is 3. The van der Waals surface area contributed by atoms with Crippen molar-refractivity contribution in [3.63, 3.8) is 0 Å². The molecule has 1 fully saturated rings. The van der Waals surface area contributed by atoms with E-state index in [9.17, 15) is 23.1 Å².